The summed E-state index contributed by atoms with van der Waals surface area (Å²) < 4.78 is 2.14. The van der Waals surface area contributed by atoms with Gasteiger partial charge < -0.3 is 4.98 Å². The third-order valence-electron chi connectivity index (χ3n) is 8.47. The van der Waals surface area contributed by atoms with Gasteiger partial charge in [-0.15, -0.1) is 5.10 Å². The van der Waals surface area contributed by atoms with Crippen LogP contribution in [0.5, 0.6) is 0 Å². The van der Waals surface area contributed by atoms with Crippen LogP contribution in [-0.2, 0) is 6.54 Å². The summed E-state index contributed by atoms with van der Waals surface area (Å²) in [5, 5.41) is 14.4. The highest BCUT2D eigenvalue weighted by atomic mass is 16.1. The summed E-state index contributed by atoms with van der Waals surface area (Å²) in [6.45, 7) is 7.04. The van der Waals surface area contributed by atoms with E-state index in [0.717, 1.165) is 53.5 Å². The van der Waals surface area contributed by atoms with E-state index >= 15 is 0 Å². The molecular formula is C28H40N6O. The van der Waals surface area contributed by atoms with E-state index in [4.69, 9.17) is 0 Å². The summed E-state index contributed by atoms with van der Waals surface area (Å²) in [6, 6.07) is 7.36. The third-order valence-corrected chi connectivity index (χ3v) is 8.47. The lowest BCUT2D eigenvalue weighted by Crippen LogP contribution is -2.39. The van der Waals surface area contributed by atoms with Crippen LogP contribution in [-0.4, -0.2) is 36.1 Å². The number of tetrazole rings is 1. The lowest BCUT2D eigenvalue weighted by Gasteiger charge is -2.36. The normalized spacial score (nSPS) is 18.6. The third kappa shape index (κ3) is 4.92. The predicted molar refractivity (Wildman–Crippen MR) is 139 cm³/mol. The minimum atomic E-state index is 0.0244. The predicted octanol–water partition coefficient (Wildman–Crippen LogP) is 5.92. The Morgan fingerprint density at radius 1 is 1.09 bits per heavy atom. The first-order valence-corrected chi connectivity index (χ1v) is 13.7. The minimum Gasteiger partial charge on any atom is -0.321 e. The van der Waals surface area contributed by atoms with Crippen LogP contribution in [0.25, 0.3) is 10.9 Å². The molecule has 5 rings (SSSR count). The molecule has 0 saturated heterocycles. The number of H-pyrrole nitrogens is 1. The van der Waals surface area contributed by atoms with Crippen molar-refractivity contribution in [2.24, 2.45) is 0 Å². The molecule has 1 unspecified atom stereocenters. The monoisotopic (exact) mass is 476 g/mol. The minimum absolute atomic E-state index is 0.0244. The summed E-state index contributed by atoms with van der Waals surface area (Å²) in [5.41, 5.74) is 4.17. The number of hydrogen-bond donors (Lipinski definition) is 1. The highest BCUT2D eigenvalue weighted by Gasteiger charge is 2.34. The molecule has 188 valence electrons. The molecule has 2 aliphatic carbocycles. The molecular weight excluding hydrogens is 436 g/mol. The van der Waals surface area contributed by atoms with E-state index < -0.39 is 0 Å². The number of nitrogens with one attached hydrogen (secondary N) is 1. The van der Waals surface area contributed by atoms with Gasteiger partial charge in [-0.05, 0) is 79.0 Å². The summed E-state index contributed by atoms with van der Waals surface area (Å²) in [5.74, 6) is 0.995. The van der Waals surface area contributed by atoms with Crippen LogP contribution in [0.2, 0.25) is 0 Å². The van der Waals surface area contributed by atoms with Gasteiger partial charge in [0, 0.05) is 18.2 Å². The molecule has 3 aromatic rings. The van der Waals surface area contributed by atoms with Gasteiger partial charge in [-0.2, -0.15) is 0 Å². The highest BCUT2D eigenvalue weighted by molar-refractivity contribution is 5.83. The van der Waals surface area contributed by atoms with Crippen LogP contribution in [0.15, 0.2) is 23.0 Å². The van der Waals surface area contributed by atoms with E-state index in [2.05, 4.69) is 69.1 Å². The van der Waals surface area contributed by atoms with Crippen LogP contribution < -0.4 is 5.56 Å². The Morgan fingerprint density at radius 2 is 1.83 bits per heavy atom. The fraction of sp³-hybridized carbons (Fsp3) is 0.643. The van der Waals surface area contributed by atoms with Crippen LogP contribution in [0.4, 0.5) is 0 Å². The summed E-state index contributed by atoms with van der Waals surface area (Å²) in [4.78, 5) is 19.1. The van der Waals surface area contributed by atoms with E-state index in [0.29, 0.717) is 18.6 Å². The molecule has 0 bridgehead atoms. The molecule has 0 radical (unpaired) electrons. The first-order valence-electron chi connectivity index (χ1n) is 13.7. The van der Waals surface area contributed by atoms with E-state index in [1.165, 1.54) is 50.5 Å². The smallest absolute Gasteiger partial charge is 0.252 e. The van der Waals surface area contributed by atoms with Gasteiger partial charge in [-0.1, -0.05) is 57.6 Å². The number of aryl methyl sites for hydroxylation is 2. The molecule has 2 saturated carbocycles. The zero-order chi connectivity index (χ0) is 24.4. The highest BCUT2D eigenvalue weighted by Crippen LogP contribution is 2.37. The van der Waals surface area contributed by atoms with Crippen molar-refractivity contribution < 1.29 is 0 Å². The lowest BCUT2D eigenvalue weighted by molar-refractivity contribution is 0.105. The molecule has 1 atom stereocenters. The van der Waals surface area contributed by atoms with Crippen molar-refractivity contribution in [3.63, 3.8) is 0 Å². The van der Waals surface area contributed by atoms with Gasteiger partial charge >= 0.3 is 0 Å². The number of fused-ring (bicyclic) bond motifs is 1. The standard InChI is InChI=1S/C28H40N6O/c1-4-10-25(27-30-31-32-34(27)24-13-6-5-7-14-24)33(23-11-8-9-12-23)18-22-17-21-16-15-19(2)20(3)26(21)29-28(22)35/h15-17,23-25H,4-14,18H2,1-3H3,(H,29,35). The summed E-state index contributed by atoms with van der Waals surface area (Å²) in [7, 11) is 0. The molecule has 7 heteroatoms. The fourth-order valence-corrected chi connectivity index (χ4v) is 6.34. The molecule has 7 nitrogen and oxygen atoms in total. The maximum absolute atomic E-state index is 13.3. The number of pyridine rings is 1. The Labute approximate surface area is 208 Å². The van der Waals surface area contributed by atoms with Crippen molar-refractivity contribution >= 4 is 10.9 Å². The molecule has 1 aromatic carbocycles. The SMILES string of the molecule is CCCC(c1nnnn1C1CCCCC1)N(Cc1cc2ccc(C)c(C)c2[nH]c1=O)C1CCCC1. The number of nitrogens with zero attached hydrogens (tertiary/aromatic N) is 5. The molecule has 0 amide bonds. The van der Waals surface area contributed by atoms with E-state index in [9.17, 15) is 4.79 Å². The number of aromatic nitrogens is 5. The molecule has 0 spiro atoms. The van der Waals surface area contributed by atoms with E-state index in [1.54, 1.807) is 0 Å². The van der Waals surface area contributed by atoms with E-state index in [-0.39, 0.29) is 11.6 Å². The Bertz CT molecular complexity index is 1200. The lowest BCUT2D eigenvalue weighted by atomic mass is 9.95. The number of aromatic amines is 1. The topological polar surface area (TPSA) is 79.7 Å². The number of benzene rings is 1. The zero-order valence-electron chi connectivity index (χ0n) is 21.6. The average Bonchev–Trinajstić information content (AvgIpc) is 3.58. The van der Waals surface area contributed by atoms with Crippen molar-refractivity contribution in [1.29, 1.82) is 0 Å². The Balaban J connectivity index is 1.53. The summed E-state index contributed by atoms with van der Waals surface area (Å²) >= 11 is 0. The molecule has 2 heterocycles. The van der Waals surface area contributed by atoms with Crippen LogP contribution >= 0.6 is 0 Å². The second kappa shape index (κ2) is 10.6. The van der Waals surface area contributed by atoms with Gasteiger partial charge in [-0.25, -0.2) is 4.68 Å². The number of rotatable bonds is 8. The van der Waals surface area contributed by atoms with Crippen LogP contribution in [0.1, 0.15) is 112 Å². The molecule has 2 fully saturated rings. The first-order chi connectivity index (χ1) is 17.1. The van der Waals surface area contributed by atoms with Gasteiger partial charge in [0.25, 0.3) is 5.56 Å². The van der Waals surface area contributed by atoms with Gasteiger partial charge in [0.15, 0.2) is 5.82 Å². The van der Waals surface area contributed by atoms with Gasteiger partial charge in [0.1, 0.15) is 0 Å². The number of hydrogen-bond acceptors (Lipinski definition) is 5. The van der Waals surface area contributed by atoms with Crippen LogP contribution in [0, 0.1) is 13.8 Å². The van der Waals surface area contributed by atoms with Crippen molar-refractivity contribution in [1.82, 2.24) is 30.1 Å². The maximum Gasteiger partial charge on any atom is 0.252 e. The van der Waals surface area contributed by atoms with Gasteiger partial charge in [0.05, 0.1) is 17.6 Å². The van der Waals surface area contributed by atoms with Crippen LogP contribution in [0.3, 0.4) is 0 Å². The Kier molecular flexibility index (Phi) is 7.32. The van der Waals surface area contributed by atoms with Crippen molar-refractivity contribution in [2.45, 2.75) is 116 Å². The molecule has 2 aliphatic rings. The molecule has 0 aliphatic heterocycles. The van der Waals surface area contributed by atoms with Gasteiger partial charge in [-0.3, -0.25) is 9.69 Å². The fourth-order valence-electron chi connectivity index (χ4n) is 6.34. The second-order valence-electron chi connectivity index (χ2n) is 10.8. The Hall–Kier alpha value is -2.54. The quantitative estimate of drug-likeness (QED) is 0.436. The Morgan fingerprint density at radius 3 is 2.57 bits per heavy atom. The first kappa shape index (κ1) is 24.2. The van der Waals surface area contributed by atoms with Crippen molar-refractivity contribution in [3.8, 4) is 0 Å². The molecule has 2 aromatic heterocycles. The van der Waals surface area contributed by atoms with E-state index in [1.807, 2.05) is 0 Å². The zero-order valence-corrected chi connectivity index (χ0v) is 21.6. The molecule has 35 heavy (non-hydrogen) atoms. The molecule has 1 N–H and O–H groups in total. The summed E-state index contributed by atoms with van der Waals surface area (Å²) in [6.07, 6.45) is 13.0. The average molecular weight is 477 g/mol. The maximum atomic E-state index is 13.3. The second-order valence-corrected chi connectivity index (χ2v) is 10.8. The van der Waals surface area contributed by atoms with Crippen molar-refractivity contribution in [2.75, 3.05) is 0 Å². The largest absolute Gasteiger partial charge is 0.321 e. The van der Waals surface area contributed by atoms with Crippen molar-refractivity contribution in [3.05, 3.63) is 51.1 Å². The van der Waals surface area contributed by atoms with Gasteiger partial charge in [0.2, 0.25) is 0 Å².